The van der Waals surface area contributed by atoms with Crippen molar-refractivity contribution in [2.24, 2.45) is 0 Å². The molecule has 2 aromatic carbocycles. The number of aromatic nitrogens is 1. The van der Waals surface area contributed by atoms with Crippen LogP contribution in [0.4, 0.5) is 0 Å². The van der Waals surface area contributed by atoms with Gasteiger partial charge in [0.1, 0.15) is 0 Å². The Morgan fingerprint density at radius 2 is 1.83 bits per heavy atom. The van der Waals surface area contributed by atoms with Gasteiger partial charge in [-0.3, -0.25) is 9.78 Å². The van der Waals surface area contributed by atoms with Crippen LogP contribution < -0.4 is 0 Å². The Labute approximate surface area is 136 Å². The van der Waals surface area contributed by atoms with Crippen LogP contribution in [0.5, 0.6) is 0 Å². The summed E-state index contributed by atoms with van der Waals surface area (Å²) in [7, 11) is 3.55. The van der Waals surface area contributed by atoms with Crippen LogP contribution in [0.15, 0.2) is 54.7 Å². The Hall–Kier alpha value is -2.68. The first kappa shape index (κ1) is 15.2. The molecule has 3 aromatic rings. The van der Waals surface area contributed by atoms with Gasteiger partial charge in [-0.15, -0.1) is 0 Å². The molecule has 3 rings (SSSR count). The number of carbonyl (C=O) groups excluding carboxylic acids is 1. The number of hydrogen-bond donors (Lipinski definition) is 0. The van der Waals surface area contributed by atoms with E-state index < -0.39 is 0 Å². The van der Waals surface area contributed by atoms with E-state index in [0.717, 1.165) is 16.5 Å². The number of hydrogen-bond acceptors (Lipinski definition) is 2. The van der Waals surface area contributed by atoms with Gasteiger partial charge in [-0.25, -0.2) is 0 Å². The molecule has 0 radical (unpaired) electrons. The van der Waals surface area contributed by atoms with Crippen molar-refractivity contribution < 1.29 is 4.79 Å². The summed E-state index contributed by atoms with van der Waals surface area (Å²) in [5.74, 6) is 0.0967. The standard InChI is InChI=1S/C20H20N2O/c1-14-6-4-5-7-16(14)17-10-11-21-19-12-15(8-9-18(17)19)13-20(23)22(2)3/h4-12H,13H2,1-3H3. The third-order valence-electron chi connectivity index (χ3n) is 4.10. The molecule has 0 saturated carbocycles. The number of amides is 1. The van der Waals surface area contributed by atoms with Crippen LogP contribution in [-0.2, 0) is 11.2 Å². The predicted molar refractivity (Wildman–Crippen MR) is 94.3 cm³/mol. The Morgan fingerprint density at radius 3 is 2.57 bits per heavy atom. The molecule has 0 bridgehead atoms. The second-order valence-corrected chi connectivity index (χ2v) is 5.99. The molecule has 3 nitrogen and oxygen atoms in total. The smallest absolute Gasteiger partial charge is 0.226 e. The number of pyridine rings is 1. The highest BCUT2D eigenvalue weighted by Gasteiger charge is 2.10. The largest absolute Gasteiger partial charge is 0.349 e. The third kappa shape index (κ3) is 3.09. The first-order valence-corrected chi connectivity index (χ1v) is 7.70. The van der Waals surface area contributed by atoms with Crippen LogP contribution in [-0.4, -0.2) is 29.9 Å². The zero-order valence-corrected chi connectivity index (χ0v) is 13.7. The molecule has 1 heterocycles. The molecule has 0 saturated heterocycles. The van der Waals surface area contributed by atoms with E-state index in [1.165, 1.54) is 16.7 Å². The second-order valence-electron chi connectivity index (χ2n) is 5.99. The molecule has 0 aliphatic carbocycles. The number of likely N-dealkylation sites (N-methyl/N-ethyl adjacent to an activating group) is 1. The van der Waals surface area contributed by atoms with Gasteiger partial charge >= 0.3 is 0 Å². The van der Waals surface area contributed by atoms with E-state index in [4.69, 9.17) is 0 Å². The topological polar surface area (TPSA) is 33.2 Å². The summed E-state index contributed by atoms with van der Waals surface area (Å²) in [6.07, 6.45) is 2.24. The fraction of sp³-hybridized carbons (Fsp3) is 0.200. The SMILES string of the molecule is Cc1ccccc1-c1ccnc2cc(CC(=O)N(C)C)ccc12. The molecule has 116 valence electrons. The quantitative estimate of drug-likeness (QED) is 0.736. The van der Waals surface area contributed by atoms with Gasteiger partial charge in [0.15, 0.2) is 0 Å². The summed E-state index contributed by atoms with van der Waals surface area (Å²) in [5.41, 5.74) is 5.56. The van der Waals surface area contributed by atoms with Crippen LogP contribution in [0.1, 0.15) is 11.1 Å². The number of carbonyl (C=O) groups is 1. The molecule has 0 N–H and O–H groups in total. The van der Waals surface area contributed by atoms with E-state index in [2.05, 4.69) is 42.2 Å². The van der Waals surface area contributed by atoms with Gasteiger partial charge in [0.25, 0.3) is 0 Å². The minimum Gasteiger partial charge on any atom is -0.349 e. The third-order valence-corrected chi connectivity index (χ3v) is 4.10. The maximum absolute atomic E-state index is 11.9. The highest BCUT2D eigenvalue weighted by atomic mass is 16.2. The number of rotatable bonds is 3. The molecular formula is C20H20N2O. The summed E-state index contributed by atoms with van der Waals surface area (Å²) in [6.45, 7) is 2.12. The average molecular weight is 304 g/mol. The normalized spacial score (nSPS) is 10.7. The summed E-state index contributed by atoms with van der Waals surface area (Å²) < 4.78 is 0. The number of nitrogens with zero attached hydrogens (tertiary/aromatic N) is 2. The lowest BCUT2D eigenvalue weighted by molar-refractivity contribution is -0.127. The van der Waals surface area contributed by atoms with Gasteiger partial charge < -0.3 is 4.90 Å². The Balaban J connectivity index is 2.06. The second kappa shape index (κ2) is 6.21. The van der Waals surface area contributed by atoms with Crippen LogP contribution >= 0.6 is 0 Å². The zero-order valence-electron chi connectivity index (χ0n) is 13.7. The van der Waals surface area contributed by atoms with Crippen molar-refractivity contribution in [3.05, 3.63) is 65.9 Å². The van der Waals surface area contributed by atoms with Crippen LogP contribution in [0.3, 0.4) is 0 Å². The van der Waals surface area contributed by atoms with Gasteiger partial charge in [0.05, 0.1) is 11.9 Å². The van der Waals surface area contributed by atoms with Crippen molar-refractivity contribution in [2.75, 3.05) is 14.1 Å². The molecule has 1 aromatic heterocycles. The number of aryl methyl sites for hydroxylation is 1. The summed E-state index contributed by atoms with van der Waals surface area (Å²) >= 11 is 0. The van der Waals surface area contributed by atoms with Crippen LogP contribution in [0.25, 0.3) is 22.0 Å². The molecule has 0 atom stereocenters. The van der Waals surface area contributed by atoms with E-state index in [1.54, 1.807) is 19.0 Å². The monoisotopic (exact) mass is 304 g/mol. The maximum atomic E-state index is 11.9. The van der Waals surface area contributed by atoms with E-state index in [1.807, 2.05) is 24.4 Å². The lowest BCUT2D eigenvalue weighted by Crippen LogP contribution is -2.23. The maximum Gasteiger partial charge on any atom is 0.226 e. The van der Waals surface area contributed by atoms with Crippen molar-refractivity contribution >= 4 is 16.8 Å². The predicted octanol–water partition coefficient (Wildman–Crippen LogP) is 3.84. The van der Waals surface area contributed by atoms with E-state index >= 15 is 0 Å². The molecule has 1 amide bonds. The fourth-order valence-electron chi connectivity index (χ4n) is 2.75. The van der Waals surface area contributed by atoms with Gasteiger partial charge in [0.2, 0.25) is 5.91 Å². The van der Waals surface area contributed by atoms with E-state index in [0.29, 0.717) is 6.42 Å². The molecular weight excluding hydrogens is 284 g/mol. The van der Waals surface area contributed by atoms with Gasteiger partial charge in [0, 0.05) is 25.7 Å². The van der Waals surface area contributed by atoms with Crippen molar-refractivity contribution in [1.29, 1.82) is 0 Å². The van der Waals surface area contributed by atoms with E-state index in [-0.39, 0.29) is 5.91 Å². The number of fused-ring (bicyclic) bond motifs is 1. The van der Waals surface area contributed by atoms with Crippen LogP contribution in [0, 0.1) is 6.92 Å². The minimum atomic E-state index is 0.0967. The summed E-state index contributed by atoms with van der Waals surface area (Å²) in [5, 5.41) is 1.11. The summed E-state index contributed by atoms with van der Waals surface area (Å²) in [6, 6.07) is 16.5. The molecule has 0 aliphatic heterocycles. The van der Waals surface area contributed by atoms with Crippen molar-refractivity contribution in [3.8, 4) is 11.1 Å². The van der Waals surface area contributed by atoms with Crippen LogP contribution in [0.2, 0.25) is 0 Å². The average Bonchev–Trinajstić information content (AvgIpc) is 2.54. The lowest BCUT2D eigenvalue weighted by Gasteiger charge is -2.12. The Bertz CT molecular complexity index is 868. The van der Waals surface area contributed by atoms with Gasteiger partial charge in [-0.05, 0) is 41.3 Å². The first-order chi connectivity index (χ1) is 11.1. The fourth-order valence-corrected chi connectivity index (χ4v) is 2.75. The molecule has 0 fully saturated rings. The molecule has 3 heteroatoms. The highest BCUT2D eigenvalue weighted by Crippen LogP contribution is 2.30. The summed E-state index contributed by atoms with van der Waals surface area (Å²) in [4.78, 5) is 18.0. The zero-order chi connectivity index (χ0) is 16.4. The minimum absolute atomic E-state index is 0.0967. The lowest BCUT2D eigenvalue weighted by atomic mass is 9.96. The van der Waals surface area contributed by atoms with Gasteiger partial charge in [-0.1, -0.05) is 36.4 Å². The van der Waals surface area contributed by atoms with Gasteiger partial charge in [-0.2, -0.15) is 0 Å². The number of benzene rings is 2. The molecule has 0 unspecified atom stereocenters. The van der Waals surface area contributed by atoms with Crippen molar-refractivity contribution in [3.63, 3.8) is 0 Å². The first-order valence-electron chi connectivity index (χ1n) is 7.70. The molecule has 0 aliphatic rings. The molecule has 0 spiro atoms. The van der Waals surface area contributed by atoms with E-state index in [9.17, 15) is 4.79 Å². The molecule has 23 heavy (non-hydrogen) atoms. The Morgan fingerprint density at radius 1 is 1.04 bits per heavy atom. The van der Waals surface area contributed by atoms with Crippen molar-refractivity contribution in [2.45, 2.75) is 13.3 Å². The van der Waals surface area contributed by atoms with Crippen molar-refractivity contribution in [1.82, 2.24) is 9.88 Å². The highest BCUT2D eigenvalue weighted by molar-refractivity contribution is 5.95. The Kier molecular flexibility index (Phi) is 4.11.